The van der Waals surface area contributed by atoms with Gasteiger partial charge in [0.05, 0.1) is 6.54 Å². The van der Waals surface area contributed by atoms with Gasteiger partial charge in [0.1, 0.15) is 12.4 Å². The first kappa shape index (κ1) is 18.8. The second kappa shape index (κ2) is 8.53. The molecule has 1 amide bonds. The maximum Gasteiger partial charge on any atom is 0.349 e. The number of benzene rings is 2. The van der Waals surface area contributed by atoms with Crippen molar-refractivity contribution in [2.24, 2.45) is 0 Å². The van der Waals surface area contributed by atoms with E-state index in [9.17, 15) is 9.59 Å². The van der Waals surface area contributed by atoms with E-state index in [2.05, 4.69) is 5.32 Å². The largest absolute Gasteiger partial charge is 0.476 e. The third-order valence-corrected chi connectivity index (χ3v) is 3.59. The molecule has 0 atom stereocenters. The van der Waals surface area contributed by atoms with E-state index >= 15 is 0 Å². The summed E-state index contributed by atoms with van der Waals surface area (Å²) < 4.78 is 10.8. The Hall–Kier alpha value is -2.53. The summed E-state index contributed by atoms with van der Waals surface area (Å²) in [6, 6.07) is 15.5. The van der Waals surface area contributed by atoms with E-state index in [1.165, 1.54) is 0 Å². The van der Waals surface area contributed by atoms with Crippen molar-refractivity contribution in [3.05, 3.63) is 65.2 Å². The van der Waals surface area contributed by atoms with Crippen LogP contribution in [0.25, 0.3) is 0 Å². The van der Waals surface area contributed by atoms with E-state index in [4.69, 9.17) is 21.1 Å². The second-order valence-corrected chi connectivity index (χ2v) is 6.26. The highest BCUT2D eigenvalue weighted by atomic mass is 35.5. The Morgan fingerprint density at radius 1 is 1.04 bits per heavy atom. The molecule has 1 N–H and O–H groups in total. The van der Waals surface area contributed by atoms with Gasteiger partial charge in [-0.3, -0.25) is 4.79 Å². The number of hydrogen-bond acceptors (Lipinski definition) is 4. The van der Waals surface area contributed by atoms with E-state index in [1.807, 2.05) is 6.07 Å². The lowest BCUT2D eigenvalue weighted by atomic mass is 10.1. The van der Waals surface area contributed by atoms with Crippen LogP contribution < -0.4 is 10.1 Å². The fraction of sp³-hybridized carbons (Fsp3) is 0.263. The van der Waals surface area contributed by atoms with Crippen LogP contribution in [0.5, 0.6) is 5.75 Å². The highest BCUT2D eigenvalue weighted by Crippen LogP contribution is 2.21. The maximum absolute atomic E-state index is 12.2. The summed E-state index contributed by atoms with van der Waals surface area (Å²) in [5, 5.41) is 3.28. The van der Waals surface area contributed by atoms with Gasteiger partial charge in [-0.25, -0.2) is 4.79 Å². The molecule has 2 rings (SSSR count). The highest BCUT2D eigenvalue weighted by Gasteiger charge is 2.31. The quantitative estimate of drug-likeness (QED) is 0.605. The van der Waals surface area contributed by atoms with Gasteiger partial charge in [-0.2, -0.15) is 0 Å². The number of hydrogen-bond donors (Lipinski definition) is 1. The second-order valence-electron chi connectivity index (χ2n) is 5.82. The Kier molecular flexibility index (Phi) is 6.42. The average Bonchev–Trinajstić information content (AvgIpc) is 2.61. The van der Waals surface area contributed by atoms with Crippen LogP contribution in [-0.4, -0.2) is 30.6 Å². The first-order valence-electron chi connectivity index (χ1n) is 7.83. The van der Waals surface area contributed by atoms with E-state index in [0.29, 0.717) is 16.3 Å². The molecule has 132 valence electrons. The molecule has 6 heteroatoms. The van der Waals surface area contributed by atoms with E-state index in [0.717, 1.165) is 0 Å². The van der Waals surface area contributed by atoms with Crippen LogP contribution in [-0.2, 0) is 9.53 Å². The lowest BCUT2D eigenvalue weighted by molar-refractivity contribution is -0.159. The van der Waals surface area contributed by atoms with Crippen molar-refractivity contribution in [1.29, 1.82) is 0 Å². The van der Waals surface area contributed by atoms with Crippen molar-refractivity contribution in [2.45, 2.75) is 19.4 Å². The van der Waals surface area contributed by atoms with Gasteiger partial charge in [0.2, 0.25) is 0 Å². The van der Waals surface area contributed by atoms with Gasteiger partial charge >= 0.3 is 5.97 Å². The number of amides is 1. The fourth-order valence-electron chi connectivity index (χ4n) is 2.01. The average molecular weight is 362 g/mol. The molecule has 0 spiro atoms. The molecule has 0 saturated heterocycles. The van der Waals surface area contributed by atoms with E-state index in [1.54, 1.807) is 62.4 Å². The van der Waals surface area contributed by atoms with E-state index < -0.39 is 11.6 Å². The van der Waals surface area contributed by atoms with Gasteiger partial charge in [-0.1, -0.05) is 29.8 Å². The van der Waals surface area contributed by atoms with Gasteiger partial charge in [-0.05, 0) is 50.2 Å². The summed E-state index contributed by atoms with van der Waals surface area (Å²) in [4.78, 5) is 24.0. The predicted molar refractivity (Wildman–Crippen MR) is 95.9 cm³/mol. The summed E-state index contributed by atoms with van der Waals surface area (Å²) >= 11 is 5.82. The lowest BCUT2D eigenvalue weighted by Crippen LogP contribution is -2.41. The monoisotopic (exact) mass is 361 g/mol. The molecule has 0 aromatic heterocycles. The number of esters is 1. The molecule has 0 bridgehead atoms. The number of rotatable bonds is 7. The number of carbonyl (C=O) groups is 2. The van der Waals surface area contributed by atoms with Crippen LogP contribution in [0, 0.1) is 0 Å². The van der Waals surface area contributed by atoms with Crippen LogP contribution in [0.2, 0.25) is 5.02 Å². The molecular formula is C19H20ClNO4. The third kappa shape index (κ3) is 5.80. The molecular weight excluding hydrogens is 342 g/mol. The molecule has 2 aromatic carbocycles. The van der Waals surface area contributed by atoms with Gasteiger partial charge in [0.15, 0.2) is 5.60 Å². The molecule has 0 radical (unpaired) electrons. The number of ether oxygens (including phenoxy) is 2. The summed E-state index contributed by atoms with van der Waals surface area (Å²) in [7, 11) is 0. The first-order valence-corrected chi connectivity index (χ1v) is 8.21. The number of halogens is 1. The Bertz CT molecular complexity index is 714. The Balaban J connectivity index is 1.77. The molecule has 0 saturated carbocycles. The van der Waals surface area contributed by atoms with Gasteiger partial charge < -0.3 is 14.8 Å². The molecule has 5 nitrogen and oxygen atoms in total. The standard InChI is InChI=1S/C19H20ClNO4/c1-19(2,25-16-10-8-15(20)9-11-16)18(23)24-13-12-21-17(22)14-6-4-3-5-7-14/h3-11H,12-13H2,1-2H3,(H,21,22). The smallest absolute Gasteiger partial charge is 0.349 e. The zero-order valence-electron chi connectivity index (χ0n) is 14.1. The van der Waals surface area contributed by atoms with Gasteiger partial charge in [-0.15, -0.1) is 0 Å². The normalized spacial score (nSPS) is 10.8. The molecule has 0 aliphatic heterocycles. The van der Waals surface area contributed by atoms with Crippen molar-refractivity contribution in [1.82, 2.24) is 5.32 Å². The van der Waals surface area contributed by atoms with Gasteiger partial charge in [0.25, 0.3) is 5.91 Å². The van der Waals surface area contributed by atoms with Crippen LogP contribution in [0.15, 0.2) is 54.6 Å². The van der Waals surface area contributed by atoms with Crippen molar-refractivity contribution in [3.63, 3.8) is 0 Å². The molecule has 25 heavy (non-hydrogen) atoms. The zero-order valence-corrected chi connectivity index (χ0v) is 14.9. The highest BCUT2D eigenvalue weighted by molar-refractivity contribution is 6.30. The SMILES string of the molecule is CC(C)(Oc1ccc(Cl)cc1)C(=O)OCCNC(=O)c1ccccc1. The number of nitrogens with one attached hydrogen (secondary N) is 1. The lowest BCUT2D eigenvalue weighted by Gasteiger charge is -2.24. The van der Waals surface area contributed by atoms with Crippen molar-refractivity contribution in [2.75, 3.05) is 13.2 Å². The Morgan fingerprint density at radius 3 is 2.32 bits per heavy atom. The first-order chi connectivity index (χ1) is 11.9. The van der Waals surface area contributed by atoms with Crippen molar-refractivity contribution >= 4 is 23.5 Å². The Morgan fingerprint density at radius 2 is 1.68 bits per heavy atom. The minimum Gasteiger partial charge on any atom is -0.476 e. The van der Waals surface area contributed by atoms with Crippen LogP contribution in [0.3, 0.4) is 0 Å². The van der Waals surface area contributed by atoms with Crippen LogP contribution >= 0.6 is 11.6 Å². The van der Waals surface area contributed by atoms with E-state index in [-0.39, 0.29) is 19.1 Å². The summed E-state index contributed by atoms with van der Waals surface area (Å²) in [5.74, 6) is -0.214. The summed E-state index contributed by atoms with van der Waals surface area (Å²) in [5.41, 5.74) is -0.600. The molecule has 0 aliphatic rings. The molecule has 0 unspecified atom stereocenters. The molecule has 0 fully saturated rings. The molecule has 0 aliphatic carbocycles. The van der Waals surface area contributed by atoms with Crippen molar-refractivity contribution < 1.29 is 19.1 Å². The zero-order chi connectivity index (χ0) is 18.3. The minimum absolute atomic E-state index is 0.0603. The maximum atomic E-state index is 12.2. The van der Waals surface area contributed by atoms with Gasteiger partial charge in [0, 0.05) is 10.6 Å². The number of carbonyl (C=O) groups excluding carboxylic acids is 2. The van der Waals surface area contributed by atoms with Crippen molar-refractivity contribution in [3.8, 4) is 5.75 Å². The fourth-order valence-corrected chi connectivity index (χ4v) is 2.14. The Labute approximate surface area is 151 Å². The van der Waals surface area contributed by atoms with Crippen LogP contribution in [0.1, 0.15) is 24.2 Å². The minimum atomic E-state index is -1.16. The topological polar surface area (TPSA) is 64.6 Å². The molecule has 0 heterocycles. The summed E-state index contributed by atoms with van der Waals surface area (Å²) in [6.45, 7) is 3.51. The molecule has 2 aromatic rings. The van der Waals surface area contributed by atoms with Crippen LogP contribution in [0.4, 0.5) is 0 Å². The predicted octanol–water partition coefficient (Wildman–Crippen LogP) is 3.47. The third-order valence-electron chi connectivity index (χ3n) is 3.33. The summed E-state index contributed by atoms with van der Waals surface area (Å²) in [6.07, 6.45) is 0.